The molecule has 2 aliphatic rings. The lowest BCUT2D eigenvalue weighted by molar-refractivity contribution is -0.147. The van der Waals surface area contributed by atoms with Gasteiger partial charge in [-0.1, -0.05) is 53.5 Å². The van der Waals surface area contributed by atoms with Crippen molar-refractivity contribution in [2.24, 2.45) is 5.92 Å². The number of aromatic nitrogens is 1. The molecule has 0 bridgehead atoms. The summed E-state index contributed by atoms with van der Waals surface area (Å²) in [6.07, 6.45) is 6.04. The molecule has 52 heavy (non-hydrogen) atoms. The molecule has 2 fully saturated rings. The van der Waals surface area contributed by atoms with Crippen LogP contribution in [0.5, 0.6) is 17.2 Å². The Morgan fingerprint density at radius 3 is 2.56 bits per heavy atom. The van der Waals surface area contributed by atoms with Crippen molar-refractivity contribution in [1.82, 2.24) is 15.2 Å². The van der Waals surface area contributed by atoms with Gasteiger partial charge in [0.05, 0.1) is 22.2 Å². The van der Waals surface area contributed by atoms with E-state index in [0.717, 1.165) is 52.9 Å². The predicted octanol–water partition coefficient (Wildman–Crippen LogP) is 8.30. The predicted molar refractivity (Wildman–Crippen MR) is 202 cm³/mol. The fourth-order valence-electron chi connectivity index (χ4n) is 6.83. The smallest absolute Gasteiger partial charge is 0.323 e. The van der Waals surface area contributed by atoms with Crippen LogP contribution in [-0.4, -0.2) is 54.2 Å². The number of cyclic esters (lactones) is 1. The highest BCUT2D eigenvalue weighted by molar-refractivity contribution is 6.35. The Kier molecular flexibility index (Phi) is 11.9. The number of rotatable bonds is 13. The quantitative estimate of drug-likeness (QED) is 0.136. The Labute approximate surface area is 315 Å². The lowest BCUT2D eigenvalue weighted by Crippen LogP contribution is -2.34. The lowest BCUT2D eigenvalue weighted by Gasteiger charge is -2.29. The summed E-state index contributed by atoms with van der Waals surface area (Å²) >= 11 is 13.8. The Morgan fingerprint density at radius 1 is 1.00 bits per heavy atom. The minimum atomic E-state index is -0.536. The van der Waals surface area contributed by atoms with Crippen LogP contribution in [0.3, 0.4) is 0 Å². The molecule has 0 aliphatic carbocycles. The number of carbonyl (C=O) groups is 1. The summed E-state index contributed by atoms with van der Waals surface area (Å²) in [6.45, 7) is 9.35. The number of nitriles is 1. The Bertz CT molecular complexity index is 1960. The zero-order valence-corrected chi connectivity index (χ0v) is 31.5. The maximum absolute atomic E-state index is 12.5. The highest BCUT2D eigenvalue weighted by Crippen LogP contribution is 2.39. The second kappa shape index (κ2) is 16.6. The number of hydrogen-bond donors (Lipinski definition) is 1. The first-order valence-corrected chi connectivity index (χ1v) is 18.3. The van der Waals surface area contributed by atoms with E-state index in [1.807, 2.05) is 44.2 Å². The number of esters is 1. The minimum Gasteiger partial charge on any atom is -0.492 e. The summed E-state index contributed by atoms with van der Waals surface area (Å²) in [7, 11) is 2.15. The van der Waals surface area contributed by atoms with Crippen molar-refractivity contribution in [1.29, 1.82) is 5.26 Å². The highest BCUT2D eigenvalue weighted by Gasteiger charge is 2.39. The third-order valence-corrected chi connectivity index (χ3v) is 10.3. The minimum absolute atomic E-state index is 0.164. The van der Waals surface area contributed by atoms with Crippen molar-refractivity contribution in [3.8, 4) is 34.4 Å². The van der Waals surface area contributed by atoms with E-state index >= 15 is 0 Å². The van der Waals surface area contributed by atoms with Crippen molar-refractivity contribution in [2.75, 3.05) is 26.7 Å². The number of pyridine rings is 1. The molecule has 1 N–H and O–H groups in total. The summed E-state index contributed by atoms with van der Waals surface area (Å²) in [5, 5.41) is 13.6. The zero-order valence-electron chi connectivity index (χ0n) is 30.0. The van der Waals surface area contributed by atoms with Crippen molar-refractivity contribution < 1.29 is 23.7 Å². The molecule has 9 nitrogen and oxygen atoms in total. The van der Waals surface area contributed by atoms with Crippen LogP contribution < -0.4 is 19.5 Å². The molecule has 3 aromatic carbocycles. The number of carbonyl (C=O) groups excluding carboxylic acids is 1. The van der Waals surface area contributed by atoms with Crippen LogP contribution in [0.2, 0.25) is 10.0 Å². The summed E-state index contributed by atoms with van der Waals surface area (Å²) in [5.74, 6) is 1.84. The van der Waals surface area contributed by atoms with Crippen molar-refractivity contribution in [2.45, 2.75) is 71.4 Å². The molecule has 11 heteroatoms. The molecule has 3 heterocycles. The van der Waals surface area contributed by atoms with Gasteiger partial charge in [0, 0.05) is 60.6 Å². The molecular formula is C41H44Cl2N4O5. The first-order chi connectivity index (χ1) is 25.0. The summed E-state index contributed by atoms with van der Waals surface area (Å²) in [4.78, 5) is 19.0. The molecule has 2 unspecified atom stereocenters. The Morgan fingerprint density at radius 2 is 1.79 bits per heavy atom. The van der Waals surface area contributed by atoms with Gasteiger partial charge in [0.15, 0.2) is 0 Å². The van der Waals surface area contributed by atoms with E-state index < -0.39 is 11.6 Å². The van der Waals surface area contributed by atoms with Gasteiger partial charge in [0.25, 0.3) is 0 Å². The van der Waals surface area contributed by atoms with Gasteiger partial charge < -0.3 is 29.2 Å². The zero-order chi connectivity index (χ0) is 36.8. The first-order valence-electron chi connectivity index (χ1n) is 17.6. The average molecular weight is 744 g/mol. The number of likely N-dealkylation sites (tertiary alicyclic amines) is 1. The van der Waals surface area contributed by atoms with Gasteiger partial charge in [-0.2, -0.15) is 5.26 Å². The molecule has 2 saturated heterocycles. The monoisotopic (exact) mass is 742 g/mol. The normalized spacial score (nSPS) is 18.4. The second-order valence-corrected chi connectivity index (χ2v) is 15.1. The van der Waals surface area contributed by atoms with Crippen LogP contribution in [0.4, 0.5) is 0 Å². The van der Waals surface area contributed by atoms with Crippen molar-refractivity contribution >= 4 is 29.2 Å². The molecule has 2 aliphatic heterocycles. The highest BCUT2D eigenvalue weighted by atomic mass is 35.5. The van der Waals surface area contributed by atoms with Crippen LogP contribution >= 0.6 is 23.2 Å². The van der Waals surface area contributed by atoms with Crippen LogP contribution in [0.1, 0.15) is 60.9 Å². The van der Waals surface area contributed by atoms with E-state index in [2.05, 4.69) is 41.3 Å². The van der Waals surface area contributed by atoms with Gasteiger partial charge in [0.2, 0.25) is 0 Å². The number of benzene rings is 3. The van der Waals surface area contributed by atoms with Gasteiger partial charge in [-0.05, 0) is 82.1 Å². The standard InChI is InChI=1S/C41H44Cl2N4O5/c1-26-30(9-5-10-32(26)33-11-6-12-36(39(33)43)49-23-27-8-7-13-47(4)22-27)25-51-38-16-37(50-24-29-14-28(18-44)19-45-20-29)31(15-34(38)42)21-46-35-17-41(2,3)52-40(35)48/h5-6,9-12,14-16,19-20,27,35,46H,7-8,13,17,21-25H2,1-4H3. The topological polar surface area (TPSA) is 106 Å². The van der Waals surface area contributed by atoms with Gasteiger partial charge in [-0.3, -0.25) is 9.78 Å². The lowest BCUT2D eigenvalue weighted by atomic mass is 9.96. The van der Waals surface area contributed by atoms with Crippen LogP contribution in [-0.2, 0) is 29.3 Å². The van der Waals surface area contributed by atoms with Crippen LogP contribution in [0.15, 0.2) is 67.0 Å². The largest absolute Gasteiger partial charge is 0.492 e. The molecule has 272 valence electrons. The molecule has 1 aromatic heterocycles. The number of nitrogens with one attached hydrogen (secondary N) is 1. The fraction of sp³-hybridized carbons (Fsp3) is 0.390. The molecule has 0 amide bonds. The Hall–Kier alpha value is -4.33. The first kappa shape index (κ1) is 37.4. The van der Waals surface area contributed by atoms with E-state index in [0.29, 0.717) is 58.3 Å². The SMILES string of the molecule is Cc1c(COc2cc(OCc3cncc(C#N)c3)c(CNC3CC(C)(C)OC3=O)cc2Cl)cccc1-c1cccc(OCC2CCCN(C)C2)c1Cl. The van der Waals surface area contributed by atoms with E-state index in [9.17, 15) is 10.1 Å². The summed E-state index contributed by atoms with van der Waals surface area (Å²) < 4.78 is 24.4. The van der Waals surface area contributed by atoms with E-state index in [1.54, 1.807) is 24.4 Å². The number of halogens is 2. The molecule has 0 spiro atoms. The summed E-state index contributed by atoms with van der Waals surface area (Å²) in [6, 6.07) is 18.9. The average Bonchev–Trinajstić information content (AvgIpc) is 3.40. The fourth-order valence-corrected chi connectivity index (χ4v) is 7.35. The third-order valence-electron chi connectivity index (χ3n) is 9.61. The molecular weight excluding hydrogens is 699 g/mol. The third kappa shape index (κ3) is 9.17. The maximum atomic E-state index is 12.5. The number of hydrogen-bond acceptors (Lipinski definition) is 9. The van der Waals surface area contributed by atoms with E-state index in [1.165, 1.54) is 12.6 Å². The number of nitrogens with zero attached hydrogens (tertiary/aromatic N) is 3. The van der Waals surface area contributed by atoms with Crippen molar-refractivity contribution in [3.05, 3.63) is 105 Å². The van der Waals surface area contributed by atoms with Crippen LogP contribution in [0.25, 0.3) is 11.1 Å². The van der Waals surface area contributed by atoms with Crippen molar-refractivity contribution in [3.63, 3.8) is 0 Å². The molecule has 6 rings (SSSR count). The second-order valence-electron chi connectivity index (χ2n) is 14.3. The number of ether oxygens (including phenoxy) is 4. The van der Waals surface area contributed by atoms with E-state index in [4.69, 9.17) is 42.1 Å². The summed E-state index contributed by atoms with van der Waals surface area (Å²) in [5.41, 5.74) is 5.27. The molecule has 0 saturated carbocycles. The van der Waals surface area contributed by atoms with Gasteiger partial charge >= 0.3 is 5.97 Å². The van der Waals surface area contributed by atoms with E-state index in [-0.39, 0.29) is 19.2 Å². The Balaban J connectivity index is 1.19. The van der Waals surface area contributed by atoms with Gasteiger partial charge in [0.1, 0.15) is 48.2 Å². The maximum Gasteiger partial charge on any atom is 0.323 e. The number of piperidine rings is 1. The molecule has 2 atom stereocenters. The molecule has 0 radical (unpaired) electrons. The van der Waals surface area contributed by atoms with Gasteiger partial charge in [-0.15, -0.1) is 0 Å². The van der Waals surface area contributed by atoms with Crippen LogP contribution in [0, 0.1) is 24.2 Å². The van der Waals surface area contributed by atoms with Gasteiger partial charge in [-0.25, -0.2) is 0 Å². The molecule has 4 aromatic rings.